The van der Waals surface area contributed by atoms with E-state index in [-0.39, 0.29) is 36.7 Å². The molecule has 1 aromatic carbocycles. The Hall–Kier alpha value is -3.39. The number of nitrogens with zero attached hydrogens (tertiary/aromatic N) is 1. The minimum absolute atomic E-state index is 0.0570. The van der Waals surface area contributed by atoms with Crippen molar-refractivity contribution in [3.8, 4) is 11.8 Å². The van der Waals surface area contributed by atoms with Gasteiger partial charge < -0.3 is 21.1 Å². The number of imide groups is 1. The molecular formula is C31H38F2N4O4. The molecule has 0 spiro atoms. The summed E-state index contributed by atoms with van der Waals surface area (Å²) in [6.45, 7) is 1.52. The van der Waals surface area contributed by atoms with Gasteiger partial charge in [0.05, 0.1) is 18.7 Å². The molecule has 3 unspecified atom stereocenters. The van der Waals surface area contributed by atoms with Crippen LogP contribution >= 0.6 is 0 Å². The van der Waals surface area contributed by atoms with Crippen LogP contribution in [0.25, 0.3) is 0 Å². The zero-order chi connectivity index (χ0) is 29.4. The average molecular weight is 569 g/mol. The number of rotatable bonds is 9. The van der Waals surface area contributed by atoms with Gasteiger partial charge in [-0.05, 0) is 73.3 Å². The Morgan fingerprint density at radius 2 is 1.98 bits per heavy atom. The van der Waals surface area contributed by atoms with E-state index in [1.54, 1.807) is 4.90 Å². The number of likely N-dealkylation sites (tertiary alicyclic amines) is 1. The molecule has 10 heteroatoms. The van der Waals surface area contributed by atoms with Crippen molar-refractivity contribution in [2.75, 3.05) is 26.2 Å². The maximum Gasteiger partial charge on any atom is 0.243 e. The van der Waals surface area contributed by atoms with E-state index >= 15 is 0 Å². The molecule has 3 amide bonds. The molecule has 3 atom stereocenters. The largest absolute Gasteiger partial charge is 0.392 e. The van der Waals surface area contributed by atoms with Gasteiger partial charge in [-0.2, -0.15) is 0 Å². The summed E-state index contributed by atoms with van der Waals surface area (Å²) in [5.74, 6) is 4.42. The molecule has 1 aliphatic carbocycles. The number of carbonyl (C=O) groups excluding carboxylic acids is 3. The first-order valence-corrected chi connectivity index (χ1v) is 14.3. The van der Waals surface area contributed by atoms with E-state index in [1.807, 2.05) is 12.2 Å². The standard InChI is InChI=1S/C31H38F2N4O4/c32-25-9-8-21(16-26(25)33)17-27(34)31(41)37-14-12-20(13-15-37)4-1-2-5-22-6-3-7-23(19-38)24(22)18-35-28-10-11-29(39)36-30(28)40/h3,7-9,16,20,22,27-28,35,38H,1,4,6,10-15,17-19,34H2,(H,36,39,40). The number of piperidine rings is 2. The lowest BCUT2D eigenvalue weighted by molar-refractivity contribution is -0.135. The van der Waals surface area contributed by atoms with Gasteiger partial charge in [0.25, 0.3) is 0 Å². The number of benzene rings is 1. The van der Waals surface area contributed by atoms with Gasteiger partial charge in [-0.15, -0.1) is 5.92 Å². The van der Waals surface area contributed by atoms with Crippen LogP contribution in [0.4, 0.5) is 8.78 Å². The van der Waals surface area contributed by atoms with Gasteiger partial charge in [0.15, 0.2) is 11.6 Å². The first-order valence-electron chi connectivity index (χ1n) is 14.3. The lowest BCUT2D eigenvalue weighted by Gasteiger charge is -2.33. The van der Waals surface area contributed by atoms with Crippen molar-refractivity contribution in [3.63, 3.8) is 0 Å². The van der Waals surface area contributed by atoms with Crippen molar-refractivity contribution in [1.82, 2.24) is 15.5 Å². The number of aliphatic hydroxyl groups excluding tert-OH is 1. The lowest BCUT2D eigenvalue weighted by Crippen LogP contribution is -2.51. The highest BCUT2D eigenvalue weighted by Gasteiger charge is 2.28. The van der Waals surface area contributed by atoms with Crippen LogP contribution in [-0.4, -0.2) is 66.1 Å². The molecule has 0 bridgehead atoms. The number of nitrogens with one attached hydrogen (secondary N) is 2. The Kier molecular flexibility index (Phi) is 10.8. The third-order valence-electron chi connectivity index (χ3n) is 8.11. The number of allylic oxidation sites excluding steroid dienone is 1. The van der Waals surface area contributed by atoms with Gasteiger partial charge in [0, 0.05) is 38.4 Å². The first kappa shape index (κ1) is 30.6. The van der Waals surface area contributed by atoms with E-state index in [4.69, 9.17) is 5.73 Å². The number of carbonyl (C=O) groups is 3. The molecule has 5 N–H and O–H groups in total. The quantitative estimate of drug-likeness (QED) is 0.267. The van der Waals surface area contributed by atoms with E-state index in [2.05, 4.69) is 22.5 Å². The van der Waals surface area contributed by atoms with Crippen molar-refractivity contribution < 1.29 is 28.3 Å². The number of hydrogen-bond acceptors (Lipinski definition) is 6. The third kappa shape index (κ3) is 8.32. The Labute approximate surface area is 239 Å². The highest BCUT2D eigenvalue weighted by molar-refractivity contribution is 6.00. The molecule has 2 aliphatic heterocycles. The SMILES string of the molecule is NC(Cc1ccc(F)c(F)c1)C(=O)N1CCC(CCC#CC2CC=CC(CO)=C2CNC2CCC(=O)NC2=O)CC1. The Bertz CT molecular complexity index is 1260. The summed E-state index contributed by atoms with van der Waals surface area (Å²) < 4.78 is 26.6. The van der Waals surface area contributed by atoms with Crippen molar-refractivity contribution in [2.45, 2.75) is 63.5 Å². The van der Waals surface area contributed by atoms with Crippen LogP contribution in [-0.2, 0) is 20.8 Å². The van der Waals surface area contributed by atoms with E-state index in [0.29, 0.717) is 44.0 Å². The molecule has 4 rings (SSSR count). The normalized spacial score (nSPS) is 22.3. The molecule has 0 saturated carbocycles. The van der Waals surface area contributed by atoms with Crippen molar-refractivity contribution in [2.24, 2.45) is 17.6 Å². The van der Waals surface area contributed by atoms with Crippen LogP contribution in [0.2, 0.25) is 0 Å². The van der Waals surface area contributed by atoms with E-state index in [0.717, 1.165) is 55.4 Å². The van der Waals surface area contributed by atoms with E-state index < -0.39 is 23.7 Å². The van der Waals surface area contributed by atoms with E-state index in [1.165, 1.54) is 6.07 Å². The smallest absolute Gasteiger partial charge is 0.243 e. The third-order valence-corrected chi connectivity index (χ3v) is 8.11. The predicted molar refractivity (Wildman–Crippen MR) is 150 cm³/mol. The van der Waals surface area contributed by atoms with Crippen molar-refractivity contribution in [1.29, 1.82) is 0 Å². The molecule has 2 fully saturated rings. The average Bonchev–Trinajstić information content (AvgIpc) is 2.97. The summed E-state index contributed by atoms with van der Waals surface area (Å²) in [5, 5.41) is 15.4. The summed E-state index contributed by atoms with van der Waals surface area (Å²) in [6.07, 6.45) is 8.88. The summed E-state index contributed by atoms with van der Waals surface area (Å²) in [4.78, 5) is 38.1. The van der Waals surface area contributed by atoms with E-state index in [9.17, 15) is 28.3 Å². The molecule has 8 nitrogen and oxygen atoms in total. The van der Waals surface area contributed by atoms with Gasteiger partial charge in [-0.3, -0.25) is 19.7 Å². The second-order valence-corrected chi connectivity index (χ2v) is 11.0. The second-order valence-electron chi connectivity index (χ2n) is 11.0. The Balaban J connectivity index is 1.22. The zero-order valence-corrected chi connectivity index (χ0v) is 23.1. The molecule has 1 aromatic rings. The maximum atomic E-state index is 13.5. The fourth-order valence-corrected chi connectivity index (χ4v) is 5.63. The van der Waals surface area contributed by atoms with Crippen LogP contribution in [0.15, 0.2) is 41.5 Å². The minimum Gasteiger partial charge on any atom is -0.392 e. The Morgan fingerprint density at radius 1 is 1.20 bits per heavy atom. The number of nitrogens with two attached hydrogens (primary N) is 1. The van der Waals surface area contributed by atoms with Gasteiger partial charge >= 0.3 is 0 Å². The van der Waals surface area contributed by atoms with Gasteiger partial charge in [0.2, 0.25) is 17.7 Å². The number of hydrogen-bond donors (Lipinski definition) is 4. The number of aliphatic hydroxyl groups is 1. The van der Waals surface area contributed by atoms with Gasteiger partial charge in [-0.25, -0.2) is 8.78 Å². The molecule has 0 radical (unpaired) electrons. The number of halogens is 2. The Morgan fingerprint density at radius 3 is 2.68 bits per heavy atom. The lowest BCUT2D eigenvalue weighted by atomic mass is 9.86. The molecule has 3 aliphatic rings. The van der Waals surface area contributed by atoms with Gasteiger partial charge in [0.1, 0.15) is 0 Å². The van der Waals surface area contributed by atoms with Crippen LogP contribution < -0.4 is 16.4 Å². The summed E-state index contributed by atoms with van der Waals surface area (Å²) in [7, 11) is 0. The van der Waals surface area contributed by atoms with Crippen LogP contribution in [0.3, 0.4) is 0 Å². The number of amides is 3. The maximum absolute atomic E-state index is 13.5. The molecule has 2 saturated heterocycles. The topological polar surface area (TPSA) is 125 Å². The van der Waals surface area contributed by atoms with Crippen LogP contribution in [0, 0.1) is 35.3 Å². The molecule has 0 aromatic heterocycles. The zero-order valence-electron chi connectivity index (χ0n) is 23.1. The minimum atomic E-state index is -0.948. The summed E-state index contributed by atoms with van der Waals surface area (Å²) in [6, 6.07) is 2.32. The fourth-order valence-electron chi connectivity index (χ4n) is 5.63. The van der Waals surface area contributed by atoms with Crippen molar-refractivity contribution >= 4 is 17.7 Å². The molecule has 220 valence electrons. The highest BCUT2D eigenvalue weighted by atomic mass is 19.2. The first-order chi connectivity index (χ1) is 19.7. The predicted octanol–water partition coefficient (Wildman–Crippen LogP) is 2.12. The summed E-state index contributed by atoms with van der Waals surface area (Å²) in [5.41, 5.74) is 8.35. The van der Waals surface area contributed by atoms with Gasteiger partial charge in [-0.1, -0.05) is 24.1 Å². The van der Waals surface area contributed by atoms with Crippen LogP contribution in [0.5, 0.6) is 0 Å². The van der Waals surface area contributed by atoms with Crippen LogP contribution in [0.1, 0.15) is 50.5 Å². The molecule has 2 heterocycles. The van der Waals surface area contributed by atoms with Crippen molar-refractivity contribution in [3.05, 3.63) is 58.7 Å². The second kappa shape index (κ2) is 14.5. The molecule has 41 heavy (non-hydrogen) atoms. The highest BCUT2D eigenvalue weighted by Crippen LogP contribution is 2.26. The fraction of sp³-hybridized carbons (Fsp3) is 0.516. The monoisotopic (exact) mass is 568 g/mol. The summed E-state index contributed by atoms with van der Waals surface area (Å²) >= 11 is 0. The molecular weight excluding hydrogens is 530 g/mol.